The predicted molar refractivity (Wildman–Crippen MR) is 90.2 cm³/mol. The van der Waals surface area contributed by atoms with E-state index in [1.807, 2.05) is 37.3 Å². The minimum atomic E-state index is 0.00255. The molecule has 1 aromatic heterocycles. The molecule has 2 heterocycles. The van der Waals surface area contributed by atoms with Crippen LogP contribution in [-0.4, -0.2) is 30.5 Å². The van der Waals surface area contributed by atoms with Gasteiger partial charge >= 0.3 is 0 Å². The molecule has 2 aromatic rings. The number of nitrogens with one attached hydrogen (secondary N) is 2. The molecule has 1 fully saturated rings. The summed E-state index contributed by atoms with van der Waals surface area (Å²) in [5.41, 5.74) is 1.87. The van der Waals surface area contributed by atoms with Crippen LogP contribution in [0.25, 0.3) is 10.6 Å². The fourth-order valence-electron chi connectivity index (χ4n) is 2.73. The van der Waals surface area contributed by atoms with Crippen LogP contribution in [-0.2, 0) is 0 Å². The molecule has 22 heavy (non-hydrogen) atoms. The molecule has 0 spiro atoms. The molecule has 2 N–H and O–H groups in total. The zero-order valence-electron chi connectivity index (χ0n) is 12.8. The molecule has 3 rings (SSSR count). The number of carbonyl (C=O) groups excluding carboxylic acids is 1. The minimum absolute atomic E-state index is 0.00255. The molecule has 1 saturated heterocycles. The van der Waals surface area contributed by atoms with Crippen LogP contribution in [0.3, 0.4) is 0 Å². The largest absolute Gasteiger partial charge is 0.351 e. The Morgan fingerprint density at radius 1 is 1.41 bits per heavy atom. The lowest BCUT2D eigenvalue weighted by atomic mass is 10.00. The molecular formula is C17H21N3OS. The van der Waals surface area contributed by atoms with Gasteiger partial charge in [0.1, 0.15) is 9.88 Å². The van der Waals surface area contributed by atoms with Crippen molar-refractivity contribution in [1.29, 1.82) is 0 Å². The number of aromatic nitrogens is 1. The fourth-order valence-corrected chi connectivity index (χ4v) is 3.71. The summed E-state index contributed by atoms with van der Waals surface area (Å²) in [5, 5.41) is 7.35. The molecule has 0 bridgehead atoms. The monoisotopic (exact) mass is 315 g/mol. The van der Waals surface area contributed by atoms with E-state index in [0.29, 0.717) is 5.92 Å². The van der Waals surface area contributed by atoms with Crippen LogP contribution in [0.15, 0.2) is 30.3 Å². The molecule has 1 aliphatic heterocycles. The first-order valence-corrected chi connectivity index (χ1v) is 8.57. The van der Waals surface area contributed by atoms with Gasteiger partial charge in [0.25, 0.3) is 5.91 Å². The van der Waals surface area contributed by atoms with Gasteiger partial charge < -0.3 is 10.6 Å². The number of nitrogens with zero attached hydrogens (tertiary/aromatic N) is 1. The van der Waals surface area contributed by atoms with Crippen LogP contribution in [0, 0.1) is 12.8 Å². The number of hydrogen-bond donors (Lipinski definition) is 2. The lowest BCUT2D eigenvalue weighted by Crippen LogP contribution is -2.38. The highest BCUT2D eigenvalue weighted by atomic mass is 32.1. The Bertz CT molecular complexity index is 633. The number of hydrogen-bond acceptors (Lipinski definition) is 4. The standard InChI is InChI=1S/C17H21N3OS/c1-12-15(16(21)19-11-13-6-5-9-18-10-13)22-17(20-12)14-7-3-2-4-8-14/h2-4,7-8,13,18H,5-6,9-11H2,1H3,(H,19,21). The Kier molecular flexibility index (Phi) is 4.85. The van der Waals surface area contributed by atoms with E-state index in [4.69, 9.17) is 0 Å². The zero-order chi connectivity index (χ0) is 15.4. The summed E-state index contributed by atoms with van der Waals surface area (Å²) in [6.07, 6.45) is 2.38. The molecule has 116 valence electrons. The summed E-state index contributed by atoms with van der Waals surface area (Å²) in [5.74, 6) is 0.544. The van der Waals surface area contributed by atoms with E-state index in [0.717, 1.165) is 40.8 Å². The maximum absolute atomic E-state index is 12.4. The number of piperidine rings is 1. The number of amides is 1. The topological polar surface area (TPSA) is 54.0 Å². The van der Waals surface area contributed by atoms with Crippen molar-refractivity contribution in [2.45, 2.75) is 19.8 Å². The first-order chi connectivity index (χ1) is 10.7. The van der Waals surface area contributed by atoms with Gasteiger partial charge in [-0.05, 0) is 38.8 Å². The molecule has 1 aliphatic rings. The maximum atomic E-state index is 12.4. The van der Waals surface area contributed by atoms with Gasteiger partial charge in [-0.3, -0.25) is 4.79 Å². The van der Waals surface area contributed by atoms with Gasteiger partial charge in [0.2, 0.25) is 0 Å². The van der Waals surface area contributed by atoms with Crippen molar-refractivity contribution < 1.29 is 4.79 Å². The van der Waals surface area contributed by atoms with Crippen molar-refractivity contribution in [3.05, 3.63) is 40.9 Å². The predicted octanol–water partition coefficient (Wildman–Crippen LogP) is 2.85. The van der Waals surface area contributed by atoms with E-state index in [-0.39, 0.29) is 5.91 Å². The van der Waals surface area contributed by atoms with Crippen molar-refractivity contribution in [2.24, 2.45) is 5.92 Å². The zero-order valence-corrected chi connectivity index (χ0v) is 13.6. The summed E-state index contributed by atoms with van der Waals surface area (Å²) in [6.45, 7) is 4.74. The quantitative estimate of drug-likeness (QED) is 0.912. The van der Waals surface area contributed by atoms with Crippen molar-refractivity contribution in [2.75, 3.05) is 19.6 Å². The second-order valence-electron chi connectivity index (χ2n) is 5.72. The third-order valence-electron chi connectivity index (χ3n) is 3.97. The highest BCUT2D eigenvalue weighted by molar-refractivity contribution is 7.17. The summed E-state index contributed by atoms with van der Waals surface area (Å²) >= 11 is 1.47. The summed E-state index contributed by atoms with van der Waals surface area (Å²) in [4.78, 5) is 17.7. The molecule has 5 heteroatoms. The first-order valence-electron chi connectivity index (χ1n) is 7.76. The third kappa shape index (κ3) is 3.54. The number of aryl methyl sites for hydroxylation is 1. The average molecular weight is 315 g/mol. The van der Waals surface area contributed by atoms with Crippen molar-refractivity contribution >= 4 is 17.2 Å². The van der Waals surface area contributed by atoms with Gasteiger partial charge in [-0.2, -0.15) is 0 Å². The van der Waals surface area contributed by atoms with Gasteiger partial charge in [0, 0.05) is 12.1 Å². The van der Waals surface area contributed by atoms with E-state index in [9.17, 15) is 4.79 Å². The highest BCUT2D eigenvalue weighted by Crippen LogP contribution is 2.27. The number of rotatable bonds is 4. The van der Waals surface area contributed by atoms with Crippen molar-refractivity contribution in [3.63, 3.8) is 0 Å². The number of carbonyl (C=O) groups is 1. The van der Waals surface area contributed by atoms with Gasteiger partial charge in [0.15, 0.2) is 0 Å². The van der Waals surface area contributed by atoms with E-state index in [2.05, 4.69) is 15.6 Å². The second-order valence-corrected chi connectivity index (χ2v) is 6.72. The number of thiazole rings is 1. The second kappa shape index (κ2) is 7.03. The van der Waals surface area contributed by atoms with Crippen molar-refractivity contribution in [1.82, 2.24) is 15.6 Å². The summed E-state index contributed by atoms with van der Waals surface area (Å²) in [7, 11) is 0. The van der Waals surface area contributed by atoms with Gasteiger partial charge in [-0.25, -0.2) is 4.98 Å². The Labute approximate surface area is 135 Å². The molecular weight excluding hydrogens is 294 g/mol. The highest BCUT2D eigenvalue weighted by Gasteiger charge is 2.18. The molecule has 1 amide bonds. The minimum Gasteiger partial charge on any atom is -0.351 e. The summed E-state index contributed by atoms with van der Waals surface area (Å²) < 4.78 is 0. The molecule has 1 aromatic carbocycles. The third-order valence-corrected chi connectivity index (χ3v) is 5.18. The Hall–Kier alpha value is -1.72. The number of benzene rings is 1. The fraction of sp³-hybridized carbons (Fsp3) is 0.412. The molecule has 1 unspecified atom stereocenters. The van der Waals surface area contributed by atoms with E-state index >= 15 is 0 Å². The van der Waals surface area contributed by atoms with Crippen LogP contribution < -0.4 is 10.6 Å². The van der Waals surface area contributed by atoms with Crippen LogP contribution >= 0.6 is 11.3 Å². The van der Waals surface area contributed by atoms with Gasteiger partial charge in [0.05, 0.1) is 5.69 Å². The van der Waals surface area contributed by atoms with Gasteiger partial charge in [-0.15, -0.1) is 11.3 Å². The Balaban J connectivity index is 1.66. The van der Waals surface area contributed by atoms with Crippen LogP contribution in [0.1, 0.15) is 28.2 Å². The molecule has 0 saturated carbocycles. The average Bonchev–Trinajstić information content (AvgIpc) is 2.96. The van der Waals surface area contributed by atoms with Crippen molar-refractivity contribution in [3.8, 4) is 10.6 Å². The maximum Gasteiger partial charge on any atom is 0.263 e. The van der Waals surface area contributed by atoms with Crippen LogP contribution in [0.4, 0.5) is 0 Å². The molecule has 1 atom stereocenters. The first kappa shape index (κ1) is 15.2. The van der Waals surface area contributed by atoms with Gasteiger partial charge in [-0.1, -0.05) is 30.3 Å². The lowest BCUT2D eigenvalue weighted by molar-refractivity contribution is 0.0948. The Morgan fingerprint density at radius 3 is 2.95 bits per heavy atom. The lowest BCUT2D eigenvalue weighted by Gasteiger charge is -2.22. The smallest absolute Gasteiger partial charge is 0.263 e. The van der Waals surface area contributed by atoms with E-state index in [1.165, 1.54) is 24.2 Å². The van der Waals surface area contributed by atoms with Crippen LogP contribution in [0.2, 0.25) is 0 Å². The molecule has 0 aliphatic carbocycles. The SMILES string of the molecule is Cc1nc(-c2ccccc2)sc1C(=O)NCC1CCCNC1. The molecule has 0 radical (unpaired) electrons. The van der Waals surface area contributed by atoms with E-state index < -0.39 is 0 Å². The Morgan fingerprint density at radius 2 is 2.23 bits per heavy atom. The van der Waals surface area contributed by atoms with Crippen LogP contribution in [0.5, 0.6) is 0 Å². The summed E-state index contributed by atoms with van der Waals surface area (Å²) in [6, 6.07) is 10.0. The molecule has 4 nitrogen and oxygen atoms in total. The normalized spacial score (nSPS) is 18.1. The van der Waals surface area contributed by atoms with E-state index in [1.54, 1.807) is 0 Å².